The first-order chi connectivity index (χ1) is 8.69. The number of nitrogens with zero attached hydrogens (tertiary/aromatic N) is 1. The molecule has 5 nitrogen and oxygen atoms in total. The van der Waals surface area contributed by atoms with Gasteiger partial charge in [0.1, 0.15) is 11.5 Å². The average Bonchev–Trinajstić information content (AvgIpc) is 2.42. The Balaban J connectivity index is 2.64. The minimum Gasteiger partial charge on any atom is -0.497 e. The quantitative estimate of drug-likeness (QED) is 0.767. The smallest absolute Gasteiger partial charge is 0.258 e. The average molecular weight is 246 g/mol. The van der Waals surface area contributed by atoms with Crippen LogP contribution < -0.4 is 14.8 Å². The van der Waals surface area contributed by atoms with Gasteiger partial charge in [-0.05, 0) is 12.1 Å². The van der Waals surface area contributed by atoms with Crippen LogP contribution >= 0.6 is 0 Å². The van der Waals surface area contributed by atoms with Crippen molar-refractivity contribution in [3.8, 4) is 17.6 Å². The Morgan fingerprint density at radius 3 is 2.83 bits per heavy atom. The summed E-state index contributed by atoms with van der Waals surface area (Å²) >= 11 is 0. The van der Waals surface area contributed by atoms with Crippen LogP contribution in [-0.2, 0) is 4.79 Å². The number of carbonyl (C=O) groups is 1. The third-order valence-corrected chi connectivity index (χ3v) is 2.06. The molecule has 0 aliphatic heterocycles. The molecule has 0 saturated heterocycles. The predicted molar refractivity (Wildman–Crippen MR) is 66.4 cm³/mol. The van der Waals surface area contributed by atoms with Crippen LogP contribution in [0.3, 0.4) is 0 Å². The van der Waals surface area contributed by atoms with E-state index in [9.17, 15) is 4.79 Å². The highest BCUT2D eigenvalue weighted by Crippen LogP contribution is 2.22. The molecule has 0 aliphatic carbocycles. The van der Waals surface area contributed by atoms with Gasteiger partial charge >= 0.3 is 0 Å². The van der Waals surface area contributed by atoms with Crippen molar-refractivity contribution >= 4 is 5.91 Å². The highest BCUT2D eigenvalue weighted by atomic mass is 16.5. The summed E-state index contributed by atoms with van der Waals surface area (Å²) in [4.78, 5) is 11.3. The maximum absolute atomic E-state index is 11.3. The van der Waals surface area contributed by atoms with E-state index in [1.165, 1.54) is 7.11 Å². The van der Waals surface area contributed by atoms with Crippen molar-refractivity contribution in [2.45, 2.75) is 0 Å². The Bertz CT molecular complexity index is 478. The molecule has 5 heteroatoms. The van der Waals surface area contributed by atoms with Gasteiger partial charge in [-0.25, -0.2) is 0 Å². The molecule has 1 aromatic carbocycles. The number of benzene rings is 1. The lowest BCUT2D eigenvalue weighted by Gasteiger charge is -2.08. The van der Waals surface area contributed by atoms with Crippen LogP contribution in [0.25, 0.3) is 0 Å². The van der Waals surface area contributed by atoms with Gasteiger partial charge in [-0.1, -0.05) is 6.08 Å². The third-order valence-electron chi connectivity index (χ3n) is 2.06. The third kappa shape index (κ3) is 4.18. The molecule has 18 heavy (non-hydrogen) atoms. The molecule has 0 radical (unpaired) electrons. The summed E-state index contributed by atoms with van der Waals surface area (Å²) < 4.78 is 10.3. The maximum Gasteiger partial charge on any atom is 0.258 e. The molecule has 0 atom stereocenters. The fourth-order valence-electron chi connectivity index (χ4n) is 1.22. The van der Waals surface area contributed by atoms with E-state index in [1.54, 1.807) is 24.3 Å². The monoisotopic (exact) mass is 246 g/mol. The molecular weight excluding hydrogens is 232 g/mol. The van der Waals surface area contributed by atoms with Crippen molar-refractivity contribution < 1.29 is 14.3 Å². The SMILES string of the molecule is C=CCNC(=O)COc1cc(C#N)cc(OC)c1. The van der Waals surface area contributed by atoms with Gasteiger partial charge in [-0.2, -0.15) is 5.26 Å². The Kier molecular flexibility index (Phi) is 5.26. The summed E-state index contributed by atoms with van der Waals surface area (Å²) in [7, 11) is 1.50. The Labute approximate surface area is 106 Å². The molecule has 0 heterocycles. The van der Waals surface area contributed by atoms with E-state index in [1.807, 2.05) is 6.07 Å². The first-order valence-corrected chi connectivity index (χ1v) is 5.29. The molecule has 1 aromatic rings. The summed E-state index contributed by atoms with van der Waals surface area (Å²) in [6.45, 7) is 3.76. The van der Waals surface area contributed by atoms with E-state index in [0.29, 0.717) is 23.6 Å². The zero-order chi connectivity index (χ0) is 13.4. The molecular formula is C13H14N2O3. The number of ether oxygens (including phenoxy) is 2. The molecule has 0 aliphatic rings. The Morgan fingerprint density at radius 1 is 1.50 bits per heavy atom. The van der Waals surface area contributed by atoms with Gasteiger partial charge in [0.15, 0.2) is 6.61 Å². The molecule has 0 saturated carbocycles. The summed E-state index contributed by atoms with van der Waals surface area (Å²) in [6, 6.07) is 6.74. The molecule has 1 N–H and O–H groups in total. The van der Waals surface area contributed by atoms with Crippen molar-refractivity contribution in [2.75, 3.05) is 20.3 Å². The molecule has 0 spiro atoms. The normalized spacial score (nSPS) is 9.11. The second kappa shape index (κ2) is 6.97. The van der Waals surface area contributed by atoms with Crippen LogP contribution in [0.1, 0.15) is 5.56 Å². The zero-order valence-electron chi connectivity index (χ0n) is 10.1. The molecule has 1 rings (SSSR count). The van der Waals surface area contributed by atoms with Gasteiger partial charge in [-0.3, -0.25) is 4.79 Å². The maximum atomic E-state index is 11.3. The standard InChI is InChI=1S/C13H14N2O3/c1-3-4-15-13(16)9-18-12-6-10(8-14)5-11(7-12)17-2/h3,5-7H,1,4,9H2,2H3,(H,15,16). The zero-order valence-corrected chi connectivity index (χ0v) is 10.1. The summed E-state index contributed by atoms with van der Waals surface area (Å²) in [5.74, 6) is 0.673. The van der Waals surface area contributed by atoms with Crippen molar-refractivity contribution in [1.82, 2.24) is 5.32 Å². The lowest BCUT2D eigenvalue weighted by Crippen LogP contribution is -2.28. The number of rotatable bonds is 6. The fourth-order valence-corrected chi connectivity index (χ4v) is 1.22. The summed E-state index contributed by atoms with van der Waals surface area (Å²) in [6.07, 6.45) is 1.58. The van der Waals surface area contributed by atoms with E-state index in [4.69, 9.17) is 14.7 Å². The van der Waals surface area contributed by atoms with E-state index in [0.717, 1.165) is 0 Å². The van der Waals surface area contributed by atoms with Crippen LogP contribution in [0, 0.1) is 11.3 Å². The van der Waals surface area contributed by atoms with Crippen LogP contribution in [0.2, 0.25) is 0 Å². The number of carbonyl (C=O) groups excluding carboxylic acids is 1. The van der Waals surface area contributed by atoms with E-state index >= 15 is 0 Å². The fraction of sp³-hybridized carbons (Fsp3) is 0.231. The number of hydrogen-bond donors (Lipinski definition) is 1. The minimum absolute atomic E-state index is 0.119. The molecule has 0 aromatic heterocycles. The molecule has 0 unspecified atom stereocenters. The summed E-state index contributed by atoms with van der Waals surface area (Å²) in [5.41, 5.74) is 0.413. The van der Waals surface area contributed by atoms with Crippen LogP contribution in [0.4, 0.5) is 0 Å². The summed E-state index contributed by atoms with van der Waals surface area (Å²) in [5, 5.41) is 11.4. The molecule has 0 bridgehead atoms. The molecule has 1 amide bonds. The van der Waals surface area contributed by atoms with Crippen LogP contribution in [0.15, 0.2) is 30.9 Å². The van der Waals surface area contributed by atoms with E-state index in [-0.39, 0.29) is 12.5 Å². The Hall–Kier alpha value is -2.48. The van der Waals surface area contributed by atoms with Gasteiger partial charge in [0.05, 0.1) is 18.7 Å². The number of methoxy groups -OCH3 is 1. The molecule has 94 valence electrons. The first-order valence-electron chi connectivity index (χ1n) is 5.29. The number of nitriles is 1. The minimum atomic E-state index is -0.253. The lowest BCUT2D eigenvalue weighted by atomic mass is 10.2. The van der Waals surface area contributed by atoms with Crippen molar-refractivity contribution in [2.24, 2.45) is 0 Å². The highest BCUT2D eigenvalue weighted by Gasteiger charge is 2.05. The van der Waals surface area contributed by atoms with Gasteiger partial charge in [0.2, 0.25) is 0 Å². The van der Waals surface area contributed by atoms with Gasteiger partial charge in [0.25, 0.3) is 5.91 Å². The van der Waals surface area contributed by atoms with Gasteiger partial charge < -0.3 is 14.8 Å². The van der Waals surface area contributed by atoms with Crippen LogP contribution in [0.5, 0.6) is 11.5 Å². The Morgan fingerprint density at radius 2 is 2.22 bits per heavy atom. The second-order valence-corrected chi connectivity index (χ2v) is 3.39. The number of nitrogens with one attached hydrogen (secondary N) is 1. The predicted octanol–water partition coefficient (Wildman–Crippen LogP) is 1.25. The van der Waals surface area contributed by atoms with Gasteiger partial charge in [-0.15, -0.1) is 6.58 Å². The van der Waals surface area contributed by atoms with Crippen molar-refractivity contribution in [1.29, 1.82) is 5.26 Å². The second-order valence-electron chi connectivity index (χ2n) is 3.39. The highest BCUT2D eigenvalue weighted by molar-refractivity contribution is 5.77. The largest absolute Gasteiger partial charge is 0.497 e. The van der Waals surface area contributed by atoms with Gasteiger partial charge in [0, 0.05) is 12.6 Å². The van der Waals surface area contributed by atoms with Crippen molar-refractivity contribution in [3.63, 3.8) is 0 Å². The van der Waals surface area contributed by atoms with Crippen LogP contribution in [-0.4, -0.2) is 26.2 Å². The topological polar surface area (TPSA) is 71.3 Å². The first kappa shape index (κ1) is 13.6. The number of amides is 1. The van der Waals surface area contributed by atoms with Crippen molar-refractivity contribution in [3.05, 3.63) is 36.4 Å². The lowest BCUT2D eigenvalue weighted by molar-refractivity contribution is -0.122. The van der Waals surface area contributed by atoms with E-state index < -0.39 is 0 Å². The molecule has 0 fully saturated rings. The van der Waals surface area contributed by atoms with E-state index in [2.05, 4.69) is 11.9 Å². The number of hydrogen-bond acceptors (Lipinski definition) is 4.